The molecule has 1 aliphatic heterocycles. The van der Waals surface area contributed by atoms with Crippen molar-refractivity contribution in [1.82, 2.24) is 4.90 Å². The maximum atomic E-state index is 13.7. The minimum absolute atomic E-state index is 0.258. The van der Waals surface area contributed by atoms with E-state index < -0.39 is 11.3 Å². The summed E-state index contributed by atoms with van der Waals surface area (Å²) >= 11 is 0. The van der Waals surface area contributed by atoms with Crippen LogP contribution in [0.25, 0.3) is 0 Å². The largest absolute Gasteiger partial charge is 0.444 e. The highest BCUT2D eigenvalue weighted by atomic mass is 19.1. The van der Waals surface area contributed by atoms with Crippen molar-refractivity contribution in [1.29, 1.82) is 0 Å². The molecule has 0 spiro atoms. The molecule has 1 saturated heterocycles. The molecule has 2 fully saturated rings. The van der Waals surface area contributed by atoms with Crippen LogP contribution < -0.4 is 5.73 Å². The van der Waals surface area contributed by atoms with Crippen molar-refractivity contribution in [2.24, 2.45) is 11.7 Å². The minimum Gasteiger partial charge on any atom is -0.444 e. The molecule has 4 nitrogen and oxygen atoms in total. The summed E-state index contributed by atoms with van der Waals surface area (Å²) in [6, 6.07) is 0. The van der Waals surface area contributed by atoms with Crippen LogP contribution >= 0.6 is 0 Å². The van der Waals surface area contributed by atoms with E-state index in [1.165, 1.54) is 0 Å². The fourth-order valence-corrected chi connectivity index (χ4v) is 3.57. The molecule has 0 aromatic carbocycles. The molecule has 0 aromatic heterocycles. The Morgan fingerprint density at radius 1 is 1.30 bits per heavy atom. The molecule has 0 aromatic rings. The van der Waals surface area contributed by atoms with E-state index in [9.17, 15) is 9.18 Å². The lowest BCUT2D eigenvalue weighted by Crippen LogP contribution is -2.64. The van der Waals surface area contributed by atoms with Crippen LogP contribution in [0.5, 0.6) is 0 Å². The van der Waals surface area contributed by atoms with Crippen molar-refractivity contribution in [2.45, 2.75) is 70.2 Å². The Morgan fingerprint density at radius 2 is 1.80 bits per heavy atom. The maximum Gasteiger partial charge on any atom is 0.410 e. The third-order valence-electron chi connectivity index (χ3n) is 4.36. The highest BCUT2D eigenvalue weighted by Gasteiger charge is 2.54. The molecule has 1 saturated carbocycles. The number of nitrogens with zero attached hydrogens (tertiary/aromatic N) is 1. The third-order valence-corrected chi connectivity index (χ3v) is 4.36. The number of alkyl halides is 1. The number of piperidine rings is 1. The van der Waals surface area contributed by atoms with Crippen molar-refractivity contribution in [3.8, 4) is 0 Å². The van der Waals surface area contributed by atoms with Crippen molar-refractivity contribution in [3.63, 3.8) is 0 Å². The number of hydrogen-bond donors (Lipinski definition) is 1. The first-order chi connectivity index (χ1) is 9.01. The number of carbonyl (C=O) groups excluding carboxylic acids is 1. The van der Waals surface area contributed by atoms with Gasteiger partial charge in [0.15, 0.2) is 0 Å². The van der Waals surface area contributed by atoms with Crippen molar-refractivity contribution in [3.05, 3.63) is 0 Å². The van der Waals surface area contributed by atoms with Gasteiger partial charge in [-0.25, -0.2) is 9.18 Å². The minimum atomic E-state index is -1.10. The molecule has 2 aliphatic rings. The van der Waals surface area contributed by atoms with Gasteiger partial charge < -0.3 is 15.4 Å². The van der Waals surface area contributed by atoms with Gasteiger partial charge in [0.2, 0.25) is 0 Å². The predicted octanol–water partition coefficient (Wildman–Crippen LogP) is 2.85. The Kier molecular flexibility index (Phi) is 3.78. The number of carbonyl (C=O) groups is 1. The standard InChI is InChI=1S/C15H27FN2O2/c1-13(2,3)20-12(19)18-7-5-11(6-8-18)15(17)9-14(4,16)10-15/h11H,5-10,17H2,1-4H3. The number of nitrogens with two attached hydrogens (primary N) is 1. The highest BCUT2D eigenvalue weighted by molar-refractivity contribution is 5.68. The van der Waals surface area contributed by atoms with Crippen molar-refractivity contribution >= 4 is 6.09 Å². The zero-order chi connectivity index (χ0) is 15.2. The van der Waals surface area contributed by atoms with E-state index >= 15 is 0 Å². The number of hydrogen-bond acceptors (Lipinski definition) is 3. The van der Waals surface area contributed by atoms with Gasteiger partial charge in [-0.3, -0.25) is 0 Å². The van der Waals surface area contributed by atoms with Crippen LogP contribution in [-0.2, 0) is 4.74 Å². The molecule has 20 heavy (non-hydrogen) atoms. The summed E-state index contributed by atoms with van der Waals surface area (Å²) in [5.41, 5.74) is 4.36. The van der Waals surface area contributed by atoms with Crippen LogP contribution in [0, 0.1) is 5.92 Å². The van der Waals surface area contributed by atoms with Crippen LogP contribution in [0.3, 0.4) is 0 Å². The Labute approximate surface area is 120 Å². The molecule has 1 amide bonds. The van der Waals surface area contributed by atoms with Crippen LogP contribution in [0.4, 0.5) is 9.18 Å². The SMILES string of the molecule is CC1(F)CC(N)(C2CCN(C(=O)OC(C)(C)C)CC2)C1. The number of ether oxygens (including phenoxy) is 1. The Bertz CT molecular complexity index is 374. The fourth-order valence-electron chi connectivity index (χ4n) is 3.57. The normalized spacial score (nSPS) is 35.6. The van der Waals surface area contributed by atoms with Crippen LogP contribution in [0.2, 0.25) is 0 Å². The zero-order valence-corrected chi connectivity index (χ0v) is 13.0. The molecule has 0 atom stereocenters. The van der Waals surface area contributed by atoms with Crippen LogP contribution in [0.1, 0.15) is 53.4 Å². The zero-order valence-electron chi connectivity index (χ0n) is 13.0. The monoisotopic (exact) mass is 286 g/mol. The Balaban J connectivity index is 1.83. The van der Waals surface area contributed by atoms with Gasteiger partial charge in [-0.2, -0.15) is 0 Å². The average Bonchev–Trinajstić information content (AvgIpc) is 2.24. The quantitative estimate of drug-likeness (QED) is 0.806. The van der Waals surface area contributed by atoms with Gasteiger partial charge in [-0.05, 0) is 59.3 Å². The summed E-state index contributed by atoms with van der Waals surface area (Å²) in [5, 5.41) is 0. The molecule has 0 unspecified atom stereocenters. The van der Waals surface area contributed by atoms with Gasteiger partial charge in [0.25, 0.3) is 0 Å². The lowest BCUT2D eigenvalue weighted by Gasteiger charge is -2.53. The van der Waals surface area contributed by atoms with E-state index in [0.717, 1.165) is 12.8 Å². The van der Waals surface area contributed by atoms with E-state index in [2.05, 4.69) is 0 Å². The molecule has 2 rings (SSSR count). The lowest BCUT2D eigenvalue weighted by atomic mass is 9.59. The predicted molar refractivity (Wildman–Crippen MR) is 76.2 cm³/mol. The second-order valence-corrected chi connectivity index (χ2v) is 7.74. The summed E-state index contributed by atoms with van der Waals surface area (Å²) in [4.78, 5) is 13.7. The molecule has 5 heteroatoms. The second-order valence-electron chi connectivity index (χ2n) is 7.74. The van der Waals surface area contributed by atoms with E-state index in [-0.39, 0.29) is 11.6 Å². The summed E-state index contributed by atoms with van der Waals surface area (Å²) in [7, 11) is 0. The number of likely N-dealkylation sites (tertiary alicyclic amines) is 1. The molecular formula is C15H27FN2O2. The van der Waals surface area contributed by atoms with Crippen LogP contribution in [0.15, 0.2) is 0 Å². The highest BCUT2D eigenvalue weighted by Crippen LogP contribution is 2.49. The smallest absolute Gasteiger partial charge is 0.410 e. The van der Waals surface area contributed by atoms with Crippen LogP contribution in [-0.4, -0.2) is 40.9 Å². The molecular weight excluding hydrogens is 259 g/mol. The van der Waals surface area contributed by atoms with Gasteiger partial charge >= 0.3 is 6.09 Å². The first-order valence-corrected chi connectivity index (χ1v) is 7.47. The first-order valence-electron chi connectivity index (χ1n) is 7.47. The van der Waals surface area contributed by atoms with Gasteiger partial charge in [0, 0.05) is 18.6 Å². The van der Waals surface area contributed by atoms with Gasteiger partial charge in [0.05, 0.1) is 0 Å². The van der Waals surface area contributed by atoms with E-state index in [1.54, 1.807) is 11.8 Å². The average molecular weight is 286 g/mol. The third kappa shape index (κ3) is 3.43. The first kappa shape index (κ1) is 15.5. The fraction of sp³-hybridized carbons (Fsp3) is 0.933. The van der Waals surface area contributed by atoms with Gasteiger partial charge in [-0.1, -0.05) is 0 Å². The van der Waals surface area contributed by atoms with Gasteiger partial charge in [0.1, 0.15) is 11.3 Å². The Morgan fingerprint density at radius 3 is 2.20 bits per heavy atom. The summed E-state index contributed by atoms with van der Waals surface area (Å²) in [5.74, 6) is 0.310. The summed E-state index contributed by atoms with van der Waals surface area (Å²) < 4.78 is 19.0. The second kappa shape index (κ2) is 4.86. The van der Waals surface area contributed by atoms with Gasteiger partial charge in [-0.15, -0.1) is 0 Å². The van der Waals surface area contributed by atoms with E-state index in [0.29, 0.717) is 31.8 Å². The molecule has 0 radical (unpaired) electrons. The molecule has 0 bridgehead atoms. The topological polar surface area (TPSA) is 55.6 Å². The molecule has 2 N–H and O–H groups in total. The van der Waals surface area contributed by atoms with Crippen molar-refractivity contribution in [2.75, 3.05) is 13.1 Å². The number of rotatable bonds is 1. The maximum absolute atomic E-state index is 13.7. The number of amides is 1. The number of halogens is 1. The van der Waals surface area contributed by atoms with E-state index in [1.807, 2.05) is 20.8 Å². The van der Waals surface area contributed by atoms with Crippen molar-refractivity contribution < 1.29 is 13.9 Å². The Hall–Kier alpha value is -0.840. The summed E-state index contributed by atoms with van der Waals surface area (Å²) in [6.45, 7) is 8.52. The molecule has 1 heterocycles. The van der Waals surface area contributed by atoms with E-state index in [4.69, 9.17) is 10.5 Å². The summed E-state index contributed by atoms with van der Waals surface area (Å²) in [6.07, 6.45) is 2.30. The molecule has 1 aliphatic carbocycles. The molecule has 116 valence electrons. The lowest BCUT2D eigenvalue weighted by molar-refractivity contribution is -0.0463.